The van der Waals surface area contributed by atoms with Gasteiger partial charge in [0, 0.05) is 33.4 Å². The van der Waals surface area contributed by atoms with Crippen LogP contribution in [0.3, 0.4) is 0 Å². The zero-order valence-electron chi connectivity index (χ0n) is 31.9. The van der Waals surface area contributed by atoms with Crippen molar-refractivity contribution in [2.45, 2.75) is 0 Å². The number of rotatable bonds is 8. The van der Waals surface area contributed by atoms with Crippen molar-refractivity contribution >= 4 is 94.2 Å². The number of nitrogens with one attached hydrogen (secondary N) is 1. The van der Waals surface area contributed by atoms with Crippen LogP contribution < -0.4 is 0 Å². The van der Waals surface area contributed by atoms with Gasteiger partial charge in [0.2, 0.25) is 0 Å². The van der Waals surface area contributed by atoms with E-state index in [9.17, 15) is 39.6 Å². The minimum absolute atomic E-state index is 0. The van der Waals surface area contributed by atoms with Gasteiger partial charge in [-0.2, -0.15) is 0 Å². The summed E-state index contributed by atoms with van der Waals surface area (Å²) in [5, 5.41) is 39.6. The number of carboxylic acid groups (broad SMARTS) is 4. The Morgan fingerprint density at radius 2 is 0.836 bits per heavy atom. The zero-order valence-corrected chi connectivity index (χ0v) is 35.9. The molecule has 2 aliphatic rings. The van der Waals surface area contributed by atoms with Crippen molar-refractivity contribution in [1.29, 1.82) is 0 Å². The van der Waals surface area contributed by atoms with Crippen LogP contribution in [0.25, 0.3) is 85.4 Å². The average Bonchev–Trinajstić information content (AvgIpc) is 4.06. The quantitative estimate of drug-likeness (QED) is 0.0918. The molecule has 13 heteroatoms. The van der Waals surface area contributed by atoms with Crippen molar-refractivity contribution in [1.82, 2.24) is 19.5 Å². The number of H-pyrrole nitrogens is 1. The number of hydrogen-bond acceptors (Lipinski definition) is 6. The Labute approximate surface area is 363 Å². The molecular formula is C48H32N4O8Sn. The first-order valence-electron chi connectivity index (χ1n) is 18.5. The molecule has 61 heavy (non-hydrogen) atoms. The SMILES string of the molecule is O=C(O)c1ccc(-c2c(-c3ccc(C(=O)O)cc3)c3c(-c4ccc(C(=O)O)cc4)c4nc(cc5ccc(cc6nc(cc2n3-c2ccc(C(=O)O)cc2)C=C6)[nH]5)C=C4)cc1.[SnH2]. The van der Waals surface area contributed by atoms with Crippen molar-refractivity contribution < 1.29 is 39.6 Å². The van der Waals surface area contributed by atoms with Gasteiger partial charge in [0.15, 0.2) is 0 Å². The molecule has 12 nitrogen and oxygen atoms in total. The summed E-state index contributed by atoms with van der Waals surface area (Å²) < 4.78 is 1.95. The van der Waals surface area contributed by atoms with Gasteiger partial charge in [0.05, 0.1) is 56.1 Å². The Morgan fingerprint density at radius 3 is 1.31 bits per heavy atom. The van der Waals surface area contributed by atoms with Gasteiger partial charge in [-0.05, 0) is 132 Å². The normalized spacial score (nSPS) is 11.5. The van der Waals surface area contributed by atoms with Gasteiger partial charge < -0.3 is 30.0 Å². The monoisotopic (exact) mass is 912 g/mol. The van der Waals surface area contributed by atoms with Gasteiger partial charge in [-0.15, -0.1) is 0 Å². The van der Waals surface area contributed by atoms with Crippen LogP contribution in [0.4, 0.5) is 0 Å². The number of aromatic amines is 1. The second-order valence-electron chi connectivity index (χ2n) is 14.0. The van der Waals surface area contributed by atoms with Crippen LogP contribution in [-0.2, 0) is 0 Å². The molecule has 5 heterocycles. The first kappa shape index (κ1) is 40.0. The van der Waals surface area contributed by atoms with Gasteiger partial charge >= 0.3 is 47.8 Å². The second-order valence-corrected chi connectivity index (χ2v) is 14.0. The van der Waals surface area contributed by atoms with E-state index in [0.717, 1.165) is 11.0 Å². The van der Waals surface area contributed by atoms with E-state index in [0.29, 0.717) is 72.9 Å². The number of carbonyl (C=O) groups is 4. The Bertz CT molecular complexity index is 3180. The summed E-state index contributed by atoms with van der Waals surface area (Å²) in [6, 6.07) is 35.1. The number of nitrogens with zero attached hydrogens (tertiary/aromatic N) is 3. The number of aromatic nitrogens is 4. The molecule has 0 atom stereocenters. The molecule has 296 valence electrons. The summed E-state index contributed by atoms with van der Waals surface area (Å²) in [6.45, 7) is 0. The van der Waals surface area contributed by atoms with Crippen molar-refractivity contribution in [3.8, 4) is 39.1 Å². The predicted octanol–water partition coefficient (Wildman–Crippen LogP) is 9.00. The molecule has 0 saturated heterocycles. The minimum atomic E-state index is -1.12. The van der Waals surface area contributed by atoms with Gasteiger partial charge in [-0.1, -0.05) is 36.4 Å². The van der Waals surface area contributed by atoms with Gasteiger partial charge in [-0.3, -0.25) is 0 Å². The molecule has 0 amide bonds. The Kier molecular flexibility index (Phi) is 10.5. The average molecular weight is 912 g/mol. The molecule has 0 fully saturated rings. The maximum absolute atomic E-state index is 12.1. The molecule has 2 aliphatic heterocycles. The van der Waals surface area contributed by atoms with Crippen LogP contribution in [0.2, 0.25) is 0 Å². The molecule has 8 bridgehead atoms. The van der Waals surface area contributed by atoms with E-state index in [1.807, 2.05) is 59.2 Å². The molecule has 4 aromatic carbocycles. The third kappa shape index (κ3) is 7.63. The van der Waals surface area contributed by atoms with Crippen LogP contribution in [0.1, 0.15) is 64.2 Å². The molecule has 0 saturated carbocycles. The first-order chi connectivity index (χ1) is 29.0. The molecule has 9 rings (SSSR count). The van der Waals surface area contributed by atoms with Crippen molar-refractivity contribution in [2.75, 3.05) is 0 Å². The summed E-state index contributed by atoms with van der Waals surface area (Å²) in [7, 11) is 0. The Morgan fingerprint density at radius 1 is 0.443 bits per heavy atom. The molecule has 2 radical (unpaired) electrons. The van der Waals surface area contributed by atoms with Crippen LogP contribution in [0, 0.1) is 0 Å². The third-order valence-corrected chi connectivity index (χ3v) is 10.3. The summed E-state index contributed by atoms with van der Waals surface area (Å²) in [4.78, 5) is 61.9. The van der Waals surface area contributed by atoms with E-state index in [2.05, 4.69) is 4.98 Å². The molecule has 0 spiro atoms. The first-order valence-corrected chi connectivity index (χ1v) is 18.5. The van der Waals surface area contributed by atoms with Crippen LogP contribution in [0.5, 0.6) is 0 Å². The summed E-state index contributed by atoms with van der Waals surface area (Å²) in [5.74, 6) is -4.45. The van der Waals surface area contributed by atoms with E-state index < -0.39 is 23.9 Å². The standard InChI is InChI=1S/C48H30N4O8.Sn.2H/c53-45(54)29-7-1-26(2-8-29)41-39-22-19-36(51-39)24-35-16-15-33(49-35)23-34-17-18-37(50-34)25-40-42(27-3-9-30(10-4-27)46(55)56)43(28-5-11-31(12-6-28)47(57)58)44(41)52(40)38-20-13-32(14-21-38)48(59)60;;;/h1-25,49H,(H,53,54)(H,55,56)(H,57,58)(H,59,60);;;. The second kappa shape index (κ2) is 16.1. The van der Waals surface area contributed by atoms with Crippen LogP contribution in [0.15, 0.2) is 127 Å². The van der Waals surface area contributed by atoms with E-state index in [1.165, 1.54) is 48.5 Å². The van der Waals surface area contributed by atoms with Gasteiger partial charge in [0.25, 0.3) is 0 Å². The summed E-state index contributed by atoms with van der Waals surface area (Å²) in [5.41, 5.74) is 9.34. The van der Waals surface area contributed by atoms with E-state index >= 15 is 0 Å². The fourth-order valence-electron chi connectivity index (χ4n) is 7.51. The van der Waals surface area contributed by atoms with E-state index in [4.69, 9.17) is 9.97 Å². The number of benzene rings is 4. The zero-order chi connectivity index (χ0) is 41.7. The molecule has 3 aromatic heterocycles. The van der Waals surface area contributed by atoms with Crippen molar-refractivity contribution in [2.24, 2.45) is 0 Å². The van der Waals surface area contributed by atoms with E-state index in [1.54, 1.807) is 48.5 Å². The predicted molar refractivity (Wildman–Crippen MR) is 237 cm³/mol. The molecule has 0 aliphatic carbocycles. The summed E-state index contributed by atoms with van der Waals surface area (Å²) >= 11 is 0. The summed E-state index contributed by atoms with van der Waals surface area (Å²) in [6.07, 6.45) is 7.46. The molecule has 5 N–H and O–H groups in total. The topological polar surface area (TPSA) is 196 Å². The van der Waals surface area contributed by atoms with E-state index in [-0.39, 0.29) is 46.2 Å². The molecule has 7 aromatic rings. The Balaban J connectivity index is 0.00000514. The fourth-order valence-corrected chi connectivity index (χ4v) is 7.51. The maximum atomic E-state index is 12.1. The van der Waals surface area contributed by atoms with Crippen molar-refractivity contribution in [3.05, 3.63) is 172 Å². The molecular weight excluding hydrogens is 879 g/mol. The van der Waals surface area contributed by atoms with Gasteiger partial charge in [0.1, 0.15) is 0 Å². The fraction of sp³-hybridized carbons (Fsp3) is 0. The van der Waals surface area contributed by atoms with Gasteiger partial charge in [-0.25, -0.2) is 29.1 Å². The number of carboxylic acids is 4. The van der Waals surface area contributed by atoms with Crippen LogP contribution in [-0.4, -0.2) is 87.7 Å². The van der Waals surface area contributed by atoms with Crippen molar-refractivity contribution in [3.63, 3.8) is 0 Å². The number of fused-ring (bicyclic) bond motifs is 8. The molecule has 0 unspecified atom stereocenters. The third-order valence-electron chi connectivity index (χ3n) is 10.3. The number of hydrogen-bond donors (Lipinski definition) is 5. The number of aromatic carboxylic acids is 4. The Hall–Kier alpha value is -7.84. The van der Waals surface area contributed by atoms with Crippen LogP contribution >= 0.6 is 0 Å².